The van der Waals surface area contributed by atoms with E-state index in [-0.39, 0.29) is 11.7 Å². The van der Waals surface area contributed by atoms with Gasteiger partial charge in [0.1, 0.15) is 11.6 Å². The number of aromatic nitrogens is 5. The summed E-state index contributed by atoms with van der Waals surface area (Å²) in [6.07, 6.45) is 7.17. The van der Waals surface area contributed by atoms with Crippen molar-refractivity contribution in [2.45, 2.75) is 31.7 Å². The molecule has 11 heteroatoms. The summed E-state index contributed by atoms with van der Waals surface area (Å²) in [4.78, 5) is 35.7. The Kier molecular flexibility index (Phi) is 7.47. The van der Waals surface area contributed by atoms with Crippen LogP contribution in [-0.4, -0.2) is 44.4 Å². The van der Waals surface area contributed by atoms with Crippen LogP contribution in [0, 0.1) is 0 Å². The van der Waals surface area contributed by atoms with Gasteiger partial charge in [-0.1, -0.05) is 18.9 Å². The number of imidazole rings is 1. The Morgan fingerprint density at radius 1 is 1.06 bits per heavy atom. The standard InChI is InChI=1S/C23H24N6O2.C2H5NO2/c1-28-19-14-24-21(12-18(19)29(23(28)30)16-6-3-4-7-16)27-20-9-5-8-17(26-20)15-10-11-22(31-2)25-13-15;1-5-2(3)4/h5,8-14,16H,3-4,6-7H2,1-2H3,(H,24,26,27);1H3,(H2,3,4). The fourth-order valence-electron chi connectivity index (χ4n) is 4.29. The van der Waals surface area contributed by atoms with Gasteiger partial charge in [-0.15, -0.1) is 0 Å². The number of hydrogen-bond acceptors (Lipinski definition) is 8. The Morgan fingerprint density at radius 2 is 1.81 bits per heavy atom. The molecular formula is C25H29N7O4. The summed E-state index contributed by atoms with van der Waals surface area (Å²) in [5.41, 5.74) is 7.89. The maximum atomic E-state index is 12.8. The molecule has 188 valence electrons. The van der Waals surface area contributed by atoms with Gasteiger partial charge in [0.2, 0.25) is 5.88 Å². The molecule has 11 nitrogen and oxygen atoms in total. The summed E-state index contributed by atoms with van der Waals surface area (Å²) in [7, 11) is 4.62. The van der Waals surface area contributed by atoms with E-state index >= 15 is 0 Å². The van der Waals surface area contributed by atoms with Gasteiger partial charge in [-0.2, -0.15) is 0 Å². The molecular weight excluding hydrogens is 462 g/mol. The molecule has 1 amide bonds. The molecule has 0 atom stereocenters. The number of fused-ring (bicyclic) bond motifs is 1. The number of methoxy groups -OCH3 is 2. The van der Waals surface area contributed by atoms with E-state index in [9.17, 15) is 9.59 Å². The van der Waals surface area contributed by atoms with Crippen LogP contribution >= 0.6 is 0 Å². The largest absolute Gasteiger partial charge is 0.481 e. The topological polar surface area (TPSA) is 139 Å². The second-order valence-electron chi connectivity index (χ2n) is 8.35. The van der Waals surface area contributed by atoms with E-state index in [1.165, 1.54) is 20.0 Å². The first-order chi connectivity index (χ1) is 17.4. The number of ether oxygens (including phenoxy) is 2. The summed E-state index contributed by atoms with van der Waals surface area (Å²) >= 11 is 0. The van der Waals surface area contributed by atoms with Crippen LogP contribution in [-0.2, 0) is 11.8 Å². The van der Waals surface area contributed by atoms with Gasteiger partial charge in [-0.3, -0.25) is 9.13 Å². The average molecular weight is 492 g/mol. The van der Waals surface area contributed by atoms with Crippen molar-refractivity contribution in [3.05, 3.63) is 59.3 Å². The van der Waals surface area contributed by atoms with E-state index in [4.69, 9.17) is 9.72 Å². The smallest absolute Gasteiger partial charge is 0.404 e. The molecule has 4 aromatic rings. The third kappa shape index (κ3) is 5.29. The monoisotopic (exact) mass is 491 g/mol. The number of anilines is 2. The summed E-state index contributed by atoms with van der Waals surface area (Å²) < 4.78 is 12.6. The van der Waals surface area contributed by atoms with Crippen molar-refractivity contribution in [3.63, 3.8) is 0 Å². The van der Waals surface area contributed by atoms with Gasteiger partial charge < -0.3 is 20.5 Å². The van der Waals surface area contributed by atoms with Crippen molar-refractivity contribution in [2.75, 3.05) is 19.5 Å². The minimum Gasteiger partial charge on any atom is -0.481 e. The number of primary amides is 1. The Morgan fingerprint density at radius 3 is 2.44 bits per heavy atom. The number of rotatable bonds is 5. The van der Waals surface area contributed by atoms with E-state index in [1.807, 2.05) is 41.0 Å². The van der Waals surface area contributed by atoms with Crippen molar-refractivity contribution < 1.29 is 14.3 Å². The molecule has 3 N–H and O–H groups in total. The van der Waals surface area contributed by atoms with Gasteiger partial charge >= 0.3 is 11.8 Å². The fourth-order valence-corrected chi connectivity index (χ4v) is 4.29. The van der Waals surface area contributed by atoms with E-state index < -0.39 is 6.09 Å². The Hall–Kier alpha value is -4.41. The minimum atomic E-state index is -0.745. The van der Waals surface area contributed by atoms with Crippen LogP contribution in [0.4, 0.5) is 16.4 Å². The number of carbonyl (C=O) groups excluding carboxylic acids is 1. The summed E-state index contributed by atoms with van der Waals surface area (Å²) in [6, 6.07) is 11.7. The molecule has 0 unspecified atom stereocenters. The quantitative estimate of drug-likeness (QED) is 0.430. The number of nitrogens with zero attached hydrogens (tertiary/aromatic N) is 5. The first-order valence-corrected chi connectivity index (χ1v) is 11.6. The Balaban J connectivity index is 0.000000556. The molecule has 1 aliphatic rings. The van der Waals surface area contributed by atoms with E-state index in [0.717, 1.165) is 35.1 Å². The van der Waals surface area contributed by atoms with Gasteiger partial charge in [0.15, 0.2) is 0 Å². The number of hydrogen-bond donors (Lipinski definition) is 2. The fraction of sp³-hybridized carbons (Fsp3) is 0.320. The van der Waals surface area contributed by atoms with E-state index in [1.54, 1.807) is 31.1 Å². The van der Waals surface area contributed by atoms with Crippen LogP contribution in [0.5, 0.6) is 5.88 Å². The predicted molar refractivity (Wildman–Crippen MR) is 136 cm³/mol. The number of pyridine rings is 3. The molecule has 4 aromatic heterocycles. The highest BCUT2D eigenvalue weighted by atomic mass is 16.5. The zero-order valence-electron chi connectivity index (χ0n) is 20.5. The van der Waals surface area contributed by atoms with Crippen LogP contribution in [0.2, 0.25) is 0 Å². The zero-order chi connectivity index (χ0) is 25.7. The van der Waals surface area contributed by atoms with Crippen LogP contribution in [0.3, 0.4) is 0 Å². The lowest BCUT2D eigenvalue weighted by molar-refractivity contribution is 0.182. The number of nitrogens with one attached hydrogen (secondary N) is 1. The molecule has 0 saturated heterocycles. The van der Waals surface area contributed by atoms with Crippen LogP contribution in [0.1, 0.15) is 31.7 Å². The maximum absolute atomic E-state index is 12.8. The number of amides is 1. The first-order valence-electron chi connectivity index (χ1n) is 11.6. The molecule has 5 rings (SSSR count). The van der Waals surface area contributed by atoms with Crippen molar-refractivity contribution in [3.8, 4) is 17.1 Å². The Labute approximate surface area is 207 Å². The highest BCUT2D eigenvalue weighted by Gasteiger charge is 2.23. The van der Waals surface area contributed by atoms with Crippen molar-refractivity contribution in [2.24, 2.45) is 12.8 Å². The lowest BCUT2D eigenvalue weighted by Crippen LogP contribution is -2.24. The molecule has 1 saturated carbocycles. The van der Waals surface area contributed by atoms with Crippen LogP contribution in [0.25, 0.3) is 22.3 Å². The molecule has 1 aliphatic carbocycles. The number of aryl methyl sites for hydroxylation is 1. The minimum absolute atomic E-state index is 0.0213. The third-order valence-electron chi connectivity index (χ3n) is 6.11. The molecule has 0 aliphatic heterocycles. The normalized spacial score (nSPS) is 13.2. The lowest BCUT2D eigenvalue weighted by Gasteiger charge is -2.12. The van der Waals surface area contributed by atoms with Crippen LogP contribution < -0.4 is 21.5 Å². The van der Waals surface area contributed by atoms with Crippen molar-refractivity contribution >= 4 is 28.8 Å². The molecule has 1 fully saturated rings. The van der Waals surface area contributed by atoms with Gasteiger partial charge in [-0.05, 0) is 31.0 Å². The molecule has 36 heavy (non-hydrogen) atoms. The van der Waals surface area contributed by atoms with Gasteiger partial charge in [0.05, 0.1) is 37.1 Å². The van der Waals surface area contributed by atoms with Gasteiger partial charge in [-0.25, -0.2) is 24.5 Å². The second kappa shape index (κ2) is 10.9. The molecule has 0 spiro atoms. The zero-order valence-corrected chi connectivity index (χ0v) is 20.5. The van der Waals surface area contributed by atoms with Gasteiger partial charge in [0, 0.05) is 37.0 Å². The van der Waals surface area contributed by atoms with Gasteiger partial charge in [0.25, 0.3) is 0 Å². The number of nitrogens with two attached hydrogens (primary N) is 1. The predicted octanol–water partition coefficient (Wildman–Crippen LogP) is 3.77. The maximum Gasteiger partial charge on any atom is 0.404 e. The number of carbonyl (C=O) groups is 1. The summed E-state index contributed by atoms with van der Waals surface area (Å²) in [5.74, 6) is 1.89. The molecule has 0 bridgehead atoms. The molecule has 0 radical (unpaired) electrons. The first kappa shape index (κ1) is 24.7. The second-order valence-corrected chi connectivity index (χ2v) is 8.35. The molecule has 4 heterocycles. The SMILES string of the molecule is COC(N)=O.COc1ccc(-c2cccc(Nc3cc4c(cn3)n(C)c(=O)n4C3CCCC3)n2)cn1. The third-order valence-corrected chi connectivity index (χ3v) is 6.11. The van der Waals surface area contributed by atoms with Crippen molar-refractivity contribution in [1.82, 2.24) is 24.1 Å². The summed E-state index contributed by atoms with van der Waals surface area (Å²) in [6.45, 7) is 0. The average Bonchev–Trinajstić information content (AvgIpc) is 3.51. The highest BCUT2D eigenvalue weighted by molar-refractivity contribution is 5.79. The highest BCUT2D eigenvalue weighted by Crippen LogP contribution is 2.31. The Bertz CT molecular complexity index is 1410. The van der Waals surface area contributed by atoms with Crippen LogP contribution in [0.15, 0.2) is 53.6 Å². The van der Waals surface area contributed by atoms with E-state index in [0.29, 0.717) is 17.5 Å². The molecule has 0 aromatic carbocycles. The van der Waals surface area contributed by atoms with E-state index in [2.05, 4.69) is 25.8 Å². The summed E-state index contributed by atoms with van der Waals surface area (Å²) in [5, 5.41) is 3.28. The lowest BCUT2D eigenvalue weighted by atomic mass is 10.2. The van der Waals surface area contributed by atoms with Crippen molar-refractivity contribution in [1.29, 1.82) is 0 Å².